The van der Waals surface area contributed by atoms with Gasteiger partial charge in [0.05, 0.1) is 17.9 Å². The number of ether oxygens (including phenoxy) is 1. The molecule has 0 saturated carbocycles. The first-order valence-electron chi connectivity index (χ1n) is 10.8. The maximum Gasteiger partial charge on any atom is 0.338 e. The van der Waals surface area contributed by atoms with E-state index in [1.807, 2.05) is 42.7 Å². The zero-order valence-corrected chi connectivity index (χ0v) is 21.7. The molecule has 2 amide bonds. The van der Waals surface area contributed by atoms with Crippen molar-refractivity contribution in [2.75, 3.05) is 11.5 Å². The summed E-state index contributed by atoms with van der Waals surface area (Å²) in [6.07, 6.45) is 1.58. The van der Waals surface area contributed by atoms with Crippen LogP contribution in [0, 0.1) is 13.8 Å². The van der Waals surface area contributed by atoms with Crippen LogP contribution >= 0.6 is 28.1 Å². The van der Waals surface area contributed by atoms with Crippen LogP contribution in [-0.2, 0) is 14.3 Å². The van der Waals surface area contributed by atoms with Crippen molar-refractivity contribution in [1.29, 1.82) is 0 Å². The minimum atomic E-state index is -0.546. The number of amides is 2. The number of rotatable bonds is 5. The van der Waals surface area contributed by atoms with Crippen LogP contribution in [0.2, 0.25) is 0 Å². The fourth-order valence-electron chi connectivity index (χ4n) is 3.95. The molecule has 9 heteroatoms. The molecule has 1 N–H and O–H groups in total. The third kappa shape index (κ3) is 4.82. The van der Waals surface area contributed by atoms with Crippen LogP contribution < -0.4 is 10.2 Å². The van der Waals surface area contributed by atoms with E-state index in [1.54, 1.807) is 43.3 Å². The zero-order chi connectivity index (χ0) is 25.3. The number of halogens is 1. The second-order valence-corrected chi connectivity index (χ2v) is 9.17. The molecule has 2 aromatic carbocycles. The molecule has 1 aromatic heterocycles. The van der Waals surface area contributed by atoms with Crippen LogP contribution in [0.25, 0.3) is 11.8 Å². The third-order valence-corrected chi connectivity index (χ3v) is 6.35. The molecule has 0 atom stereocenters. The van der Waals surface area contributed by atoms with Crippen LogP contribution in [-0.4, -0.2) is 34.1 Å². The van der Waals surface area contributed by atoms with Crippen molar-refractivity contribution in [3.05, 3.63) is 87.2 Å². The van der Waals surface area contributed by atoms with Crippen molar-refractivity contribution >= 4 is 62.8 Å². The van der Waals surface area contributed by atoms with Crippen LogP contribution in [0.1, 0.15) is 34.2 Å². The number of thiocarbonyl (C=S) groups is 1. The lowest BCUT2D eigenvalue weighted by atomic mass is 10.1. The fraction of sp³-hybridized carbons (Fsp3) is 0.154. The van der Waals surface area contributed by atoms with Crippen LogP contribution in [0.4, 0.5) is 5.69 Å². The molecule has 2 heterocycles. The summed E-state index contributed by atoms with van der Waals surface area (Å²) >= 11 is 8.68. The molecule has 0 bridgehead atoms. The first-order chi connectivity index (χ1) is 16.7. The smallest absolute Gasteiger partial charge is 0.338 e. The van der Waals surface area contributed by atoms with Gasteiger partial charge in [0.25, 0.3) is 11.8 Å². The highest BCUT2D eigenvalue weighted by molar-refractivity contribution is 9.10. The van der Waals surface area contributed by atoms with E-state index in [9.17, 15) is 14.4 Å². The summed E-state index contributed by atoms with van der Waals surface area (Å²) in [7, 11) is 0. The van der Waals surface area contributed by atoms with E-state index >= 15 is 0 Å². The van der Waals surface area contributed by atoms with E-state index in [4.69, 9.17) is 17.0 Å². The summed E-state index contributed by atoms with van der Waals surface area (Å²) in [4.78, 5) is 39.3. The van der Waals surface area contributed by atoms with E-state index in [0.29, 0.717) is 17.9 Å². The molecule has 7 nitrogen and oxygen atoms in total. The number of carbonyl (C=O) groups is 3. The topological polar surface area (TPSA) is 80.6 Å². The maximum atomic E-state index is 13.3. The standard InChI is InChI=1S/C26H22BrN3O4S/c1-4-34-25(33)17-8-10-20(11-9-17)29-15(2)12-18(16(29)3)13-22-23(31)28-26(35)30(24(22)32)21-7-5-6-19(27)14-21/h5-14H,4H2,1-3H3,(H,28,31,35)/b22-13+. The highest BCUT2D eigenvalue weighted by Gasteiger charge is 2.34. The summed E-state index contributed by atoms with van der Waals surface area (Å²) in [6.45, 7) is 5.91. The molecule has 178 valence electrons. The lowest BCUT2D eigenvalue weighted by Crippen LogP contribution is -2.54. The van der Waals surface area contributed by atoms with Gasteiger partial charge in [-0.05, 0) is 93.2 Å². The number of carbonyl (C=O) groups excluding carboxylic acids is 3. The van der Waals surface area contributed by atoms with E-state index < -0.39 is 11.8 Å². The lowest BCUT2D eigenvalue weighted by Gasteiger charge is -2.29. The SMILES string of the molecule is CCOC(=O)c1ccc(-n2c(C)cc(/C=C3\C(=O)NC(=S)N(c4cccc(Br)c4)C3=O)c2C)cc1. The van der Waals surface area contributed by atoms with Gasteiger partial charge in [0.2, 0.25) is 0 Å². The Kier molecular flexibility index (Phi) is 7.00. The normalized spacial score (nSPS) is 14.9. The molecule has 1 fully saturated rings. The molecule has 35 heavy (non-hydrogen) atoms. The highest BCUT2D eigenvalue weighted by atomic mass is 79.9. The molecule has 0 spiro atoms. The lowest BCUT2D eigenvalue weighted by molar-refractivity contribution is -0.122. The first-order valence-corrected chi connectivity index (χ1v) is 12.0. The van der Waals surface area contributed by atoms with Crippen molar-refractivity contribution in [3.63, 3.8) is 0 Å². The molecular weight excluding hydrogens is 530 g/mol. The van der Waals surface area contributed by atoms with Crippen molar-refractivity contribution in [2.45, 2.75) is 20.8 Å². The van der Waals surface area contributed by atoms with Crippen molar-refractivity contribution in [3.8, 4) is 5.69 Å². The molecule has 0 aliphatic carbocycles. The van der Waals surface area contributed by atoms with Crippen molar-refractivity contribution < 1.29 is 19.1 Å². The molecule has 1 aliphatic heterocycles. The molecule has 1 aliphatic rings. The monoisotopic (exact) mass is 551 g/mol. The Balaban J connectivity index is 1.70. The summed E-state index contributed by atoms with van der Waals surface area (Å²) in [5, 5.41) is 2.64. The average molecular weight is 552 g/mol. The van der Waals surface area contributed by atoms with Gasteiger partial charge in [0.1, 0.15) is 5.57 Å². The molecule has 0 unspecified atom stereocenters. The van der Waals surface area contributed by atoms with Gasteiger partial charge in [-0.2, -0.15) is 0 Å². The first kappa shape index (κ1) is 24.6. The van der Waals surface area contributed by atoms with E-state index in [-0.39, 0.29) is 16.7 Å². The van der Waals surface area contributed by atoms with Crippen LogP contribution in [0.3, 0.4) is 0 Å². The second kappa shape index (κ2) is 9.97. The highest BCUT2D eigenvalue weighted by Crippen LogP contribution is 2.27. The number of hydrogen-bond acceptors (Lipinski definition) is 5. The number of anilines is 1. The Morgan fingerprint density at radius 3 is 2.46 bits per heavy atom. The molecule has 0 radical (unpaired) electrons. The van der Waals surface area contributed by atoms with Gasteiger partial charge in [-0.25, -0.2) is 4.79 Å². The van der Waals surface area contributed by atoms with Gasteiger partial charge in [0.15, 0.2) is 5.11 Å². The maximum absolute atomic E-state index is 13.3. The quantitative estimate of drug-likeness (QED) is 0.212. The van der Waals surface area contributed by atoms with Gasteiger partial charge in [0, 0.05) is 21.5 Å². The Morgan fingerprint density at radius 2 is 1.80 bits per heavy atom. The molecule has 3 aromatic rings. The number of aryl methyl sites for hydroxylation is 1. The van der Waals surface area contributed by atoms with Crippen molar-refractivity contribution in [1.82, 2.24) is 9.88 Å². The largest absolute Gasteiger partial charge is 0.462 e. The van der Waals surface area contributed by atoms with Crippen molar-refractivity contribution in [2.24, 2.45) is 0 Å². The third-order valence-electron chi connectivity index (χ3n) is 5.57. The molecule has 1 saturated heterocycles. The summed E-state index contributed by atoms with van der Waals surface area (Å²) < 4.78 is 7.82. The minimum absolute atomic E-state index is 0.0171. The van der Waals surface area contributed by atoms with E-state index in [2.05, 4.69) is 21.2 Å². The van der Waals surface area contributed by atoms with Crippen LogP contribution in [0.15, 0.2) is 64.6 Å². The number of nitrogens with zero attached hydrogens (tertiary/aromatic N) is 2. The van der Waals surface area contributed by atoms with Gasteiger partial charge >= 0.3 is 5.97 Å². The summed E-state index contributed by atoms with van der Waals surface area (Å²) in [5.74, 6) is -1.42. The Morgan fingerprint density at radius 1 is 1.09 bits per heavy atom. The van der Waals surface area contributed by atoms with Gasteiger partial charge in [-0.1, -0.05) is 22.0 Å². The second-order valence-electron chi connectivity index (χ2n) is 7.87. The molecule has 4 rings (SSSR count). The summed E-state index contributed by atoms with van der Waals surface area (Å²) in [5.41, 5.74) is 4.30. The zero-order valence-electron chi connectivity index (χ0n) is 19.3. The van der Waals surface area contributed by atoms with Gasteiger partial charge < -0.3 is 9.30 Å². The number of esters is 1. The number of aromatic nitrogens is 1. The minimum Gasteiger partial charge on any atom is -0.462 e. The predicted molar refractivity (Wildman–Crippen MR) is 142 cm³/mol. The Labute approximate surface area is 216 Å². The van der Waals surface area contributed by atoms with Gasteiger partial charge in [-0.15, -0.1) is 0 Å². The average Bonchev–Trinajstić information content (AvgIpc) is 3.09. The number of nitrogens with one attached hydrogen (secondary N) is 1. The van der Waals surface area contributed by atoms with Crippen LogP contribution in [0.5, 0.6) is 0 Å². The Bertz CT molecular complexity index is 1390. The van der Waals surface area contributed by atoms with Gasteiger partial charge in [-0.3, -0.25) is 19.8 Å². The summed E-state index contributed by atoms with van der Waals surface area (Å²) in [6, 6.07) is 16.1. The Hall–Kier alpha value is -3.56. The number of hydrogen-bond donors (Lipinski definition) is 1. The molecular formula is C26H22BrN3O4S. The van der Waals surface area contributed by atoms with E-state index in [1.165, 1.54) is 4.90 Å². The number of benzene rings is 2. The predicted octanol–water partition coefficient (Wildman–Crippen LogP) is 4.86. The fourth-order valence-corrected chi connectivity index (χ4v) is 4.62. The van der Waals surface area contributed by atoms with E-state index in [0.717, 1.165) is 27.1 Å².